The van der Waals surface area contributed by atoms with E-state index in [4.69, 9.17) is 5.11 Å². The van der Waals surface area contributed by atoms with Crippen LogP contribution < -0.4 is 0 Å². The zero-order chi connectivity index (χ0) is 12.7. The molecule has 0 aromatic carbocycles. The second-order valence-electron chi connectivity index (χ2n) is 4.34. The van der Waals surface area contributed by atoms with Crippen molar-refractivity contribution in [2.45, 2.75) is 26.2 Å². The number of carbonyl (C=O) groups is 1. The van der Waals surface area contributed by atoms with Crippen molar-refractivity contribution >= 4 is 5.97 Å². The molecule has 0 unspecified atom stereocenters. The summed E-state index contributed by atoms with van der Waals surface area (Å²) in [5.41, 5.74) is 2.20. The van der Waals surface area contributed by atoms with Crippen LogP contribution in [0.15, 0.2) is 12.5 Å². The van der Waals surface area contributed by atoms with Crippen LogP contribution in [0.4, 0.5) is 0 Å². The number of nitrogens with zero attached hydrogens (tertiary/aromatic N) is 4. The Morgan fingerprint density at radius 3 is 2.94 bits per heavy atom. The van der Waals surface area contributed by atoms with Crippen molar-refractivity contribution in [2.24, 2.45) is 0 Å². The Balaban J connectivity index is 2.13. The van der Waals surface area contributed by atoms with Crippen LogP contribution in [0.25, 0.3) is 5.82 Å². The first-order valence-corrected chi connectivity index (χ1v) is 5.79. The molecule has 1 aliphatic rings. The van der Waals surface area contributed by atoms with E-state index < -0.39 is 5.97 Å². The molecule has 0 saturated heterocycles. The Kier molecular flexibility index (Phi) is 2.36. The van der Waals surface area contributed by atoms with Crippen molar-refractivity contribution in [1.82, 2.24) is 19.5 Å². The average Bonchev–Trinajstić information content (AvgIpc) is 2.95. The largest absolute Gasteiger partial charge is 0.476 e. The van der Waals surface area contributed by atoms with Crippen molar-refractivity contribution < 1.29 is 9.90 Å². The summed E-state index contributed by atoms with van der Waals surface area (Å²) in [4.78, 5) is 23.5. The molecule has 0 aliphatic heterocycles. The molecular formula is C12H12N4O2. The minimum Gasteiger partial charge on any atom is -0.476 e. The first kappa shape index (κ1) is 10.9. The maximum atomic E-state index is 10.8. The molecule has 0 bridgehead atoms. The van der Waals surface area contributed by atoms with E-state index in [-0.39, 0.29) is 5.69 Å². The monoisotopic (exact) mass is 244 g/mol. The third-order valence-corrected chi connectivity index (χ3v) is 3.07. The van der Waals surface area contributed by atoms with E-state index in [2.05, 4.69) is 15.0 Å². The number of imidazole rings is 1. The van der Waals surface area contributed by atoms with Gasteiger partial charge in [0.25, 0.3) is 0 Å². The molecule has 0 spiro atoms. The van der Waals surface area contributed by atoms with Crippen LogP contribution >= 0.6 is 0 Å². The topological polar surface area (TPSA) is 80.9 Å². The second kappa shape index (κ2) is 3.90. The van der Waals surface area contributed by atoms with E-state index in [1.165, 1.54) is 12.5 Å². The van der Waals surface area contributed by atoms with Gasteiger partial charge in [-0.3, -0.25) is 4.57 Å². The van der Waals surface area contributed by atoms with E-state index in [0.29, 0.717) is 5.82 Å². The summed E-state index contributed by atoms with van der Waals surface area (Å²) in [6, 6.07) is 0. The maximum Gasteiger partial charge on any atom is 0.356 e. The SMILES string of the molecule is Cc1nc2c(c(-n3cnc(C(=O)O)c3)n1)CCC2. The van der Waals surface area contributed by atoms with E-state index >= 15 is 0 Å². The maximum absolute atomic E-state index is 10.8. The summed E-state index contributed by atoms with van der Waals surface area (Å²) in [6.45, 7) is 1.84. The number of hydrogen-bond acceptors (Lipinski definition) is 4. The number of aromatic nitrogens is 4. The lowest BCUT2D eigenvalue weighted by Crippen LogP contribution is -2.05. The van der Waals surface area contributed by atoms with Crippen LogP contribution in [0.3, 0.4) is 0 Å². The summed E-state index contributed by atoms with van der Waals surface area (Å²) in [5.74, 6) is 0.433. The number of fused-ring (bicyclic) bond motifs is 1. The molecule has 3 rings (SSSR count). The molecule has 0 saturated carbocycles. The van der Waals surface area contributed by atoms with Gasteiger partial charge in [-0.15, -0.1) is 0 Å². The number of carboxylic acid groups (broad SMARTS) is 1. The molecule has 6 heteroatoms. The zero-order valence-corrected chi connectivity index (χ0v) is 9.92. The molecule has 6 nitrogen and oxygen atoms in total. The van der Waals surface area contributed by atoms with E-state index in [1.807, 2.05) is 6.92 Å². The number of carboxylic acids is 1. The lowest BCUT2D eigenvalue weighted by molar-refractivity contribution is 0.0691. The van der Waals surface area contributed by atoms with Gasteiger partial charge in [-0.1, -0.05) is 0 Å². The number of aromatic carboxylic acids is 1. The Hall–Kier alpha value is -2.24. The molecule has 1 aliphatic carbocycles. The lowest BCUT2D eigenvalue weighted by Gasteiger charge is -2.08. The highest BCUT2D eigenvalue weighted by Crippen LogP contribution is 2.25. The molecule has 0 amide bonds. The molecule has 2 aromatic heterocycles. The van der Waals surface area contributed by atoms with Gasteiger partial charge in [0.15, 0.2) is 5.69 Å². The fraction of sp³-hybridized carbons (Fsp3) is 0.333. The summed E-state index contributed by atoms with van der Waals surface area (Å²) >= 11 is 0. The first-order chi connectivity index (χ1) is 8.65. The van der Waals surface area contributed by atoms with Crippen molar-refractivity contribution in [1.29, 1.82) is 0 Å². The van der Waals surface area contributed by atoms with Crippen LogP contribution in [-0.2, 0) is 12.8 Å². The van der Waals surface area contributed by atoms with Crippen molar-refractivity contribution in [3.05, 3.63) is 35.3 Å². The van der Waals surface area contributed by atoms with Gasteiger partial charge in [0.1, 0.15) is 18.0 Å². The van der Waals surface area contributed by atoms with E-state index in [9.17, 15) is 4.79 Å². The van der Waals surface area contributed by atoms with E-state index in [0.717, 1.165) is 36.3 Å². The predicted molar refractivity (Wildman–Crippen MR) is 62.9 cm³/mol. The second-order valence-corrected chi connectivity index (χ2v) is 4.34. The molecule has 0 atom stereocenters. The summed E-state index contributed by atoms with van der Waals surface area (Å²) in [5, 5.41) is 8.88. The van der Waals surface area contributed by atoms with Gasteiger partial charge in [0, 0.05) is 17.5 Å². The van der Waals surface area contributed by atoms with Crippen molar-refractivity contribution in [3.63, 3.8) is 0 Å². The summed E-state index contributed by atoms with van der Waals surface area (Å²) in [7, 11) is 0. The molecule has 1 N–H and O–H groups in total. The number of hydrogen-bond donors (Lipinski definition) is 1. The smallest absolute Gasteiger partial charge is 0.356 e. The Bertz CT molecular complexity index is 633. The minimum absolute atomic E-state index is 0.0259. The van der Waals surface area contributed by atoms with Crippen LogP contribution in [-0.4, -0.2) is 30.6 Å². The highest BCUT2D eigenvalue weighted by molar-refractivity contribution is 5.85. The van der Waals surface area contributed by atoms with Crippen molar-refractivity contribution in [3.8, 4) is 5.82 Å². The van der Waals surface area contributed by atoms with Gasteiger partial charge >= 0.3 is 5.97 Å². The van der Waals surface area contributed by atoms with E-state index in [1.54, 1.807) is 4.57 Å². The van der Waals surface area contributed by atoms with Crippen LogP contribution in [0.5, 0.6) is 0 Å². The third-order valence-electron chi connectivity index (χ3n) is 3.07. The molecular weight excluding hydrogens is 232 g/mol. The fourth-order valence-corrected chi connectivity index (χ4v) is 2.30. The Morgan fingerprint density at radius 2 is 2.22 bits per heavy atom. The number of rotatable bonds is 2. The highest BCUT2D eigenvalue weighted by Gasteiger charge is 2.20. The van der Waals surface area contributed by atoms with Crippen LogP contribution in [0.2, 0.25) is 0 Å². The van der Waals surface area contributed by atoms with Gasteiger partial charge in [0.05, 0.1) is 0 Å². The van der Waals surface area contributed by atoms with Crippen LogP contribution in [0.1, 0.15) is 34.0 Å². The third kappa shape index (κ3) is 1.66. The molecule has 2 heterocycles. The molecule has 18 heavy (non-hydrogen) atoms. The normalized spacial score (nSPS) is 13.6. The van der Waals surface area contributed by atoms with Gasteiger partial charge in [-0.05, 0) is 26.2 Å². The minimum atomic E-state index is -1.03. The molecule has 0 fully saturated rings. The summed E-state index contributed by atoms with van der Waals surface area (Å²) < 4.78 is 1.67. The highest BCUT2D eigenvalue weighted by atomic mass is 16.4. The van der Waals surface area contributed by atoms with Gasteiger partial charge in [0.2, 0.25) is 0 Å². The molecule has 2 aromatic rings. The quantitative estimate of drug-likeness (QED) is 0.857. The lowest BCUT2D eigenvalue weighted by atomic mass is 10.2. The zero-order valence-electron chi connectivity index (χ0n) is 9.92. The fourth-order valence-electron chi connectivity index (χ4n) is 2.30. The van der Waals surface area contributed by atoms with Crippen LogP contribution in [0, 0.1) is 6.92 Å². The Labute approximate surface area is 103 Å². The first-order valence-electron chi connectivity index (χ1n) is 5.79. The molecule has 92 valence electrons. The number of aryl methyl sites for hydroxylation is 2. The summed E-state index contributed by atoms with van der Waals surface area (Å²) in [6.07, 6.45) is 5.95. The standard InChI is InChI=1S/C12H12N4O2/c1-7-14-9-4-2-3-8(9)11(15-7)16-5-10(12(17)18)13-6-16/h5-6H,2-4H2,1H3,(H,17,18). The predicted octanol–water partition coefficient (Wildman–Crippen LogP) is 1.16. The van der Waals surface area contributed by atoms with Gasteiger partial charge < -0.3 is 5.11 Å². The Morgan fingerprint density at radius 1 is 1.39 bits per heavy atom. The van der Waals surface area contributed by atoms with Gasteiger partial charge in [-0.25, -0.2) is 19.7 Å². The van der Waals surface area contributed by atoms with Gasteiger partial charge in [-0.2, -0.15) is 0 Å². The molecule has 0 radical (unpaired) electrons. The average molecular weight is 244 g/mol. The van der Waals surface area contributed by atoms with Crippen molar-refractivity contribution in [2.75, 3.05) is 0 Å².